The van der Waals surface area contributed by atoms with E-state index in [2.05, 4.69) is 27.6 Å². The zero-order valence-corrected chi connectivity index (χ0v) is 17.7. The van der Waals surface area contributed by atoms with Crippen LogP contribution in [0.2, 0.25) is 5.02 Å². The Hall–Kier alpha value is -3.79. The summed E-state index contributed by atoms with van der Waals surface area (Å²) in [5.41, 5.74) is 8.62. The molecule has 2 heterocycles. The Kier molecular flexibility index (Phi) is 5.86. The normalized spacial score (nSPS) is 11.5. The van der Waals surface area contributed by atoms with Gasteiger partial charge < -0.3 is 16.4 Å². The number of alkyl halides is 3. The lowest BCUT2D eigenvalue weighted by atomic mass is 10.0. The second kappa shape index (κ2) is 8.62. The minimum Gasteiger partial charge on any atom is -0.382 e. The molecule has 2 aromatic carbocycles. The van der Waals surface area contributed by atoms with Gasteiger partial charge in [0, 0.05) is 23.1 Å². The molecule has 0 atom stereocenters. The van der Waals surface area contributed by atoms with Crippen LogP contribution >= 0.6 is 11.6 Å². The first-order valence-corrected chi connectivity index (χ1v) is 10.0. The van der Waals surface area contributed by atoms with E-state index in [0.29, 0.717) is 23.4 Å². The van der Waals surface area contributed by atoms with Gasteiger partial charge in [-0.1, -0.05) is 23.7 Å². The standard InChI is InChI=1S/C22H17ClF3N6O/c1-2-12-10-32-19(20(27)28-11-29-32)18(12)13-3-5-14(6-4-13)30-21(33)31-15-7-8-17(23)16(9-15)22(24,25)26/h3-11H,1-2H2,(H2,27,28,29)(H2,30,31,33). The topological polar surface area (TPSA) is 97.3 Å². The van der Waals surface area contributed by atoms with Crippen LogP contribution in [0.3, 0.4) is 0 Å². The molecular weight excluding hydrogens is 457 g/mol. The summed E-state index contributed by atoms with van der Waals surface area (Å²) in [6.07, 6.45) is -0.938. The number of benzene rings is 2. The van der Waals surface area contributed by atoms with Crippen molar-refractivity contribution in [2.24, 2.45) is 0 Å². The molecule has 0 spiro atoms. The number of halogens is 4. The average Bonchev–Trinajstić information content (AvgIpc) is 3.15. The summed E-state index contributed by atoms with van der Waals surface area (Å²) in [5, 5.41) is 8.68. The fraction of sp³-hybridized carbons (Fsp3) is 0.0909. The van der Waals surface area contributed by atoms with E-state index in [-0.39, 0.29) is 5.69 Å². The molecule has 0 saturated carbocycles. The van der Waals surface area contributed by atoms with E-state index in [0.717, 1.165) is 28.8 Å². The van der Waals surface area contributed by atoms with Gasteiger partial charge in [-0.25, -0.2) is 14.3 Å². The minimum absolute atomic E-state index is 0.0447. The first-order chi connectivity index (χ1) is 15.7. The number of carbonyl (C=O) groups is 1. The number of anilines is 3. The average molecular weight is 474 g/mol. The highest BCUT2D eigenvalue weighted by Crippen LogP contribution is 2.36. The summed E-state index contributed by atoms with van der Waals surface area (Å²) >= 11 is 5.60. The van der Waals surface area contributed by atoms with Gasteiger partial charge in [0.05, 0.1) is 10.6 Å². The Morgan fingerprint density at radius 3 is 2.45 bits per heavy atom. The van der Waals surface area contributed by atoms with Gasteiger partial charge in [-0.3, -0.25) is 0 Å². The predicted molar refractivity (Wildman–Crippen MR) is 121 cm³/mol. The van der Waals surface area contributed by atoms with Crippen LogP contribution in [0.25, 0.3) is 16.6 Å². The second-order valence-corrected chi connectivity index (χ2v) is 7.47. The maximum atomic E-state index is 13.0. The smallest absolute Gasteiger partial charge is 0.382 e. The molecule has 0 aliphatic rings. The highest BCUT2D eigenvalue weighted by atomic mass is 35.5. The molecule has 7 nitrogen and oxygen atoms in total. The minimum atomic E-state index is -4.63. The van der Waals surface area contributed by atoms with Gasteiger partial charge in [0.15, 0.2) is 5.82 Å². The number of urea groups is 1. The summed E-state index contributed by atoms with van der Waals surface area (Å²) in [7, 11) is 0. The quantitative estimate of drug-likeness (QED) is 0.355. The molecule has 33 heavy (non-hydrogen) atoms. The number of nitrogen functional groups attached to an aromatic ring is 1. The highest BCUT2D eigenvalue weighted by molar-refractivity contribution is 6.31. The van der Waals surface area contributed by atoms with E-state index in [9.17, 15) is 18.0 Å². The van der Waals surface area contributed by atoms with Crippen LogP contribution in [0.5, 0.6) is 0 Å². The number of carbonyl (C=O) groups excluding carboxylic acids is 1. The van der Waals surface area contributed by atoms with E-state index in [1.165, 1.54) is 12.4 Å². The van der Waals surface area contributed by atoms with Crippen molar-refractivity contribution in [3.05, 3.63) is 78.1 Å². The van der Waals surface area contributed by atoms with Crippen molar-refractivity contribution in [3.63, 3.8) is 0 Å². The molecule has 4 N–H and O–H groups in total. The first kappa shape index (κ1) is 22.4. The predicted octanol–water partition coefficient (Wildman–Crippen LogP) is 5.67. The maximum absolute atomic E-state index is 13.0. The van der Waals surface area contributed by atoms with Crippen molar-refractivity contribution >= 4 is 40.3 Å². The molecule has 0 aliphatic carbocycles. The Balaban J connectivity index is 1.54. The molecule has 0 unspecified atom stereocenters. The van der Waals surface area contributed by atoms with Gasteiger partial charge in [-0.05, 0) is 54.8 Å². The van der Waals surface area contributed by atoms with Crippen LogP contribution in [0.4, 0.5) is 35.2 Å². The number of fused-ring (bicyclic) bond motifs is 1. The number of hydrogen-bond donors (Lipinski definition) is 3. The molecule has 2 amide bonds. The summed E-state index contributed by atoms with van der Waals surface area (Å²) < 4.78 is 40.7. The summed E-state index contributed by atoms with van der Waals surface area (Å²) in [5.74, 6) is 0.322. The SMILES string of the molecule is [CH2]Cc1cn2ncnc(N)c2c1-c1ccc(NC(=O)Nc2ccc(Cl)c(C(F)(F)F)c2)cc1. The third-order valence-corrected chi connectivity index (χ3v) is 5.24. The fourth-order valence-electron chi connectivity index (χ4n) is 3.43. The molecule has 0 bridgehead atoms. The van der Waals surface area contributed by atoms with Crippen LogP contribution in [-0.2, 0) is 12.6 Å². The van der Waals surface area contributed by atoms with Gasteiger partial charge >= 0.3 is 12.2 Å². The van der Waals surface area contributed by atoms with Crippen molar-refractivity contribution in [2.75, 3.05) is 16.4 Å². The Morgan fingerprint density at radius 1 is 1.12 bits per heavy atom. The lowest BCUT2D eigenvalue weighted by Gasteiger charge is -2.12. The van der Waals surface area contributed by atoms with Crippen molar-refractivity contribution < 1.29 is 18.0 Å². The lowest BCUT2D eigenvalue weighted by Crippen LogP contribution is -2.19. The zero-order valence-electron chi connectivity index (χ0n) is 16.9. The largest absolute Gasteiger partial charge is 0.417 e. The fourth-order valence-corrected chi connectivity index (χ4v) is 3.65. The number of rotatable bonds is 4. The van der Waals surface area contributed by atoms with Gasteiger partial charge in [-0.2, -0.15) is 18.3 Å². The number of nitrogens with zero attached hydrogens (tertiary/aromatic N) is 3. The first-order valence-electron chi connectivity index (χ1n) is 9.62. The van der Waals surface area contributed by atoms with Crippen molar-refractivity contribution in [2.45, 2.75) is 12.6 Å². The van der Waals surface area contributed by atoms with E-state index in [1.807, 2.05) is 6.20 Å². The van der Waals surface area contributed by atoms with Crippen LogP contribution in [0.15, 0.2) is 55.0 Å². The van der Waals surface area contributed by atoms with E-state index in [4.69, 9.17) is 17.3 Å². The van der Waals surface area contributed by atoms with Gasteiger partial charge in [0.1, 0.15) is 11.8 Å². The number of aromatic nitrogens is 3. The second-order valence-electron chi connectivity index (χ2n) is 7.07. The van der Waals surface area contributed by atoms with E-state index >= 15 is 0 Å². The Labute approximate surface area is 191 Å². The van der Waals surface area contributed by atoms with Crippen molar-refractivity contribution in [1.82, 2.24) is 14.6 Å². The maximum Gasteiger partial charge on any atom is 0.417 e. The monoisotopic (exact) mass is 473 g/mol. The molecule has 11 heteroatoms. The molecule has 0 aliphatic heterocycles. The molecule has 4 aromatic rings. The Morgan fingerprint density at radius 2 is 1.79 bits per heavy atom. The third kappa shape index (κ3) is 4.56. The molecule has 0 saturated heterocycles. The van der Waals surface area contributed by atoms with Gasteiger partial charge in [0.2, 0.25) is 0 Å². The molecule has 0 fully saturated rings. The van der Waals surface area contributed by atoms with Crippen LogP contribution < -0.4 is 16.4 Å². The lowest BCUT2D eigenvalue weighted by molar-refractivity contribution is -0.137. The summed E-state index contributed by atoms with van der Waals surface area (Å²) in [6, 6.07) is 9.31. The molecule has 4 rings (SSSR count). The van der Waals surface area contributed by atoms with Gasteiger partial charge in [0.25, 0.3) is 0 Å². The number of hydrogen-bond acceptors (Lipinski definition) is 4. The molecule has 2 aromatic heterocycles. The number of amides is 2. The van der Waals surface area contributed by atoms with Crippen molar-refractivity contribution in [1.29, 1.82) is 0 Å². The third-order valence-electron chi connectivity index (χ3n) is 4.91. The van der Waals surface area contributed by atoms with Gasteiger partial charge in [-0.15, -0.1) is 0 Å². The van der Waals surface area contributed by atoms with Crippen molar-refractivity contribution in [3.8, 4) is 11.1 Å². The molecular formula is C22H17ClF3N6O. The van der Waals surface area contributed by atoms with Crippen LogP contribution in [0.1, 0.15) is 11.1 Å². The molecule has 1 radical (unpaired) electrons. The Bertz CT molecular complexity index is 1330. The van der Waals surface area contributed by atoms with Crippen LogP contribution in [-0.4, -0.2) is 20.6 Å². The molecule has 169 valence electrons. The van der Waals surface area contributed by atoms with E-state index in [1.54, 1.807) is 28.8 Å². The highest BCUT2D eigenvalue weighted by Gasteiger charge is 2.33. The summed E-state index contributed by atoms with van der Waals surface area (Å²) in [4.78, 5) is 16.3. The van der Waals surface area contributed by atoms with E-state index < -0.39 is 22.8 Å². The number of nitrogens with one attached hydrogen (secondary N) is 2. The summed E-state index contributed by atoms with van der Waals surface area (Å²) in [6.45, 7) is 3.94. The number of nitrogens with two attached hydrogens (primary N) is 1. The van der Waals surface area contributed by atoms with Crippen LogP contribution in [0, 0.1) is 6.92 Å². The zero-order chi connectivity index (χ0) is 23.8.